The molecule has 1 aliphatic heterocycles. The van der Waals surface area contributed by atoms with Crippen LogP contribution >= 0.6 is 11.3 Å². The third-order valence-electron chi connectivity index (χ3n) is 2.95. The van der Waals surface area contributed by atoms with E-state index in [1.807, 2.05) is 20.8 Å². The number of aromatic nitrogens is 1. The monoisotopic (exact) mass is 363 g/mol. The highest BCUT2D eigenvalue weighted by Crippen LogP contribution is 2.26. The van der Waals surface area contributed by atoms with Gasteiger partial charge in [0.05, 0.1) is 11.9 Å². The highest BCUT2D eigenvalue weighted by Gasteiger charge is 2.19. The van der Waals surface area contributed by atoms with E-state index in [0.717, 1.165) is 31.3 Å². The summed E-state index contributed by atoms with van der Waals surface area (Å²) in [6.45, 7) is 11.2. The fourth-order valence-corrected chi connectivity index (χ4v) is 3.97. The lowest BCUT2D eigenvalue weighted by molar-refractivity contribution is -0.138. The van der Waals surface area contributed by atoms with Gasteiger partial charge in [0.25, 0.3) is 6.47 Å². The van der Waals surface area contributed by atoms with E-state index in [2.05, 4.69) is 19.9 Å². The molecule has 2 rings (SSSR count). The summed E-state index contributed by atoms with van der Waals surface area (Å²) in [4.78, 5) is 15.9. The van der Waals surface area contributed by atoms with Gasteiger partial charge in [-0.05, 0) is 20.8 Å². The molecule has 0 amide bonds. The number of hydrogen-bond donors (Lipinski definition) is 1. The van der Waals surface area contributed by atoms with Crippen molar-refractivity contribution >= 4 is 32.8 Å². The van der Waals surface area contributed by atoms with Crippen LogP contribution in [0.25, 0.3) is 0 Å². The Hall–Kier alpha value is -1.19. The third kappa shape index (κ3) is 6.84. The zero-order valence-corrected chi connectivity index (χ0v) is 15.7. The Balaban J connectivity index is 0.000000322. The first-order chi connectivity index (χ1) is 10.7. The van der Waals surface area contributed by atoms with E-state index < -0.39 is 9.84 Å². The molecule has 0 unspecified atom stereocenters. The number of rotatable bonds is 4. The lowest BCUT2D eigenvalue weighted by atomic mass is 10.2. The second-order valence-corrected chi connectivity index (χ2v) is 9.44. The van der Waals surface area contributed by atoms with Gasteiger partial charge in [0.1, 0.15) is 9.81 Å². The van der Waals surface area contributed by atoms with Crippen molar-refractivity contribution in [1.29, 1.82) is 0 Å². The van der Waals surface area contributed by atoms with E-state index >= 15 is 0 Å². The Kier molecular flexibility index (Phi) is 7.43. The van der Waals surface area contributed by atoms with Gasteiger partial charge < -0.3 is 15.0 Å². The molecule has 0 spiro atoms. The number of hydrogen-bond acceptors (Lipinski definition) is 8. The zero-order chi connectivity index (χ0) is 17.5. The summed E-state index contributed by atoms with van der Waals surface area (Å²) in [6, 6.07) is 0. The van der Waals surface area contributed by atoms with Crippen molar-refractivity contribution in [1.82, 2.24) is 10.3 Å². The van der Waals surface area contributed by atoms with Gasteiger partial charge in [-0.25, -0.2) is 13.4 Å². The number of nitrogens with zero attached hydrogens (tertiary/aromatic N) is 2. The number of piperazine rings is 1. The number of ether oxygens (including phenoxy) is 1. The highest BCUT2D eigenvalue weighted by atomic mass is 32.2. The average Bonchev–Trinajstić information content (AvgIpc) is 2.98. The minimum Gasteiger partial charge on any atom is -0.462 e. The number of nitrogens with one attached hydrogen (secondary N) is 1. The standard InChI is InChI=1S/C9H15N3O2S2.C5H10O2/c1-2-16(13,14)8-7-11-9(15-8)12-5-3-10-4-6-12;1-5(2,3)7-4-6/h7,10H,2-6H2,1H3;4H,1-3H3. The van der Waals surface area contributed by atoms with Crippen molar-refractivity contribution in [3.63, 3.8) is 0 Å². The Morgan fingerprint density at radius 2 is 2.00 bits per heavy atom. The predicted octanol–water partition coefficient (Wildman–Crippen LogP) is 1.30. The van der Waals surface area contributed by atoms with Gasteiger partial charge >= 0.3 is 0 Å². The number of carbonyl (C=O) groups excluding carboxylic acids is 1. The molecule has 1 saturated heterocycles. The van der Waals surface area contributed by atoms with Crippen LogP contribution in [0.4, 0.5) is 5.13 Å². The van der Waals surface area contributed by atoms with Crippen LogP contribution in [0.3, 0.4) is 0 Å². The molecule has 1 aromatic rings. The van der Waals surface area contributed by atoms with Crippen LogP contribution in [0.5, 0.6) is 0 Å². The van der Waals surface area contributed by atoms with E-state index in [0.29, 0.717) is 10.7 Å². The maximum Gasteiger partial charge on any atom is 0.293 e. The van der Waals surface area contributed by atoms with Crippen LogP contribution in [0.2, 0.25) is 0 Å². The SMILES string of the molecule is CC(C)(C)OC=O.CCS(=O)(=O)c1cnc(N2CCNCC2)s1. The van der Waals surface area contributed by atoms with E-state index in [1.54, 1.807) is 6.92 Å². The topological polar surface area (TPSA) is 88.6 Å². The molecule has 2 heterocycles. The van der Waals surface area contributed by atoms with Crippen LogP contribution < -0.4 is 10.2 Å². The van der Waals surface area contributed by atoms with Crippen molar-refractivity contribution in [2.45, 2.75) is 37.5 Å². The summed E-state index contributed by atoms with van der Waals surface area (Å²) < 4.78 is 28.2. The zero-order valence-electron chi connectivity index (χ0n) is 14.0. The predicted molar refractivity (Wildman–Crippen MR) is 91.8 cm³/mol. The Morgan fingerprint density at radius 3 is 2.43 bits per heavy atom. The fourth-order valence-electron chi connectivity index (χ4n) is 1.68. The molecule has 7 nitrogen and oxygen atoms in total. The number of sulfone groups is 1. The first-order valence-electron chi connectivity index (χ1n) is 7.45. The van der Waals surface area contributed by atoms with Crippen molar-refractivity contribution in [3.05, 3.63) is 6.20 Å². The third-order valence-corrected chi connectivity index (χ3v) is 6.29. The molecule has 1 aromatic heterocycles. The van der Waals surface area contributed by atoms with Crippen molar-refractivity contribution in [2.24, 2.45) is 0 Å². The van der Waals surface area contributed by atoms with Crippen LogP contribution in [-0.2, 0) is 19.4 Å². The normalized spacial score (nSPS) is 15.6. The molecule has 1 N–H and O–H groups in total. The summed E-state index contributed by atoms with van der Waals surface area (Å²) in [6.07, 6.45) is 1.47. The molecule has 1 aliphatic rings. The molecule has 23 heavy (non-hydrogen) atoms. The fraction of sp³-hybridized carbons (Fsp3) is 0.714. The summed E-state index contributed by atoms with van der Waals surface area (Å²) in [5.74, 6) is 0.135. The average molecular weight is 364 g/mol. The van der Waals surface area contributed by atoms with Gasteiger partial charge in [-0.15, -0.1) is 0 Å². The van der Waals surface area contributed by atoms with Gasteiger partial charge in [0, 0.05) is 26.2 Å². The second-order valence-electron chi connectivity index (χ2n) is 5.93. The maximum absolute atomic E-state index is 11.6. The molecule has 0 saturated carbocycles. The molecular formula is C14H25N3O4S2. The van der Waals surface area contributed by atoms with Gasteiger partial charge in [-0.3, -0.25) is 4.79 Å². The largest absolute Gasteiger partial charge is 0.462 e. The molecule has 9 heteroatoms. The summed E-state index contributed by atoms with van der Waals surface area (Å²) in [5, 5.41) is 4.06. The van der Waals surface area contributed by atoms with Crippen LogP contribution in [0, 0.1) is 0 Å². The lowest BCUT2D eigenvalue weighted by Crippen LogP contribution is -2.43. The number of thiazole rings is 1. The smallest absolute Gasteiger partial charge is 0.293 e. The Bertz CT molecular complexity index is 587. The molecule has 0 bridgehead atoms. The molecule has 0 radical (unpaired) electrons. The molecule has 0 atom stereocenters. The van der Waals surface area contributed by atoms with E-state index in [4.69, 9.17) is 0 Å². The van der Waals surface area contributed by atoms with Crippen LogP contribution in [0.15, 0.2) is 10.4 Å². The van der Waals surface area contributed by atoms with Crippen molar-refractivity contribution < 1.29 is 17.9 Å². The summed E-state index contributed by atoms with van der Waals surface area (Å²) >= 11 is 1.27. The Labute approximate surface area is 142 Å². The van der Waals surface area contributed by atoms with E-state index in [9.17, 15) is 13.2 Å². The highest BCUT2D eigenvalue weighted by molar-refractivity contribution is 7.93. The van der Waals surface area contributed by atoms with Gasteiger partial charge in [0.2, 0.25) is 0 Å². The summed E-state index contributed by atoms with van der Waals surface area (Å²) in [5.41, 5.74) is -0.318. The minimum atomic E-state index is -3.10. The van der Waals surface area contributed by atoms with Gasteiger partial charge in [0.15, 0.2) is 15.0 Å². The second kappa shape index (κ2) is 8.60. The van der Waals surface area contributed by atoms with Crippen LogP contribution in [-0.4, -0.2) is 57.4 Å². The molecular weight excluding hydrogens is 338 g/mol. The summed E-state index contributed by atoms with van der Waals surface area (Å²) in [7, 11) is -3.10. The van der Waals surface area contributed by atoms with Crippen molar-refractivity contribution in [2.75, 3.05) is 36.8 Å². The molecule has 1 fully saturated rings. The molecule has 132 valence electrons. The van der Waals surface area contributed by atoms with Crippen LogP contribution in [0.1, 0.15) is 27.7 Å². The molecule has 0 aliphatic carbocycles. The van der Waals surface area contributed by atoms with Gasteiger partial charge in [-0.1, -0.05) is 18.3 Å². The van der Waals surface area contributed by atoms with Gasteiger partial charge in [-0.2, -0.15) is 0 Å². The Morgan fingerprint density at radius 1 is 1.39 bits per heavy atom. The first kappa shape index (κ1) is 19.9. The molecule has 0 aromatic carbocycles. The quantitative estimate of drug-likeness (QED) is 0.807. The minimum absolute atomic E-state index is 0.135. The van der Waals surface area contributed by atoms with E-state index in [-0.39, 0.29) is 11.4 Å². The number of anilines is 1. The maximum atomic E-state index is 11.6. The first-order valence-corrected chi connectivity index (χ1v) is 9.92. The number of carbonyl (C=O) groups is 1. The van der Waals surface area contributed by atoms with E-state index in [1.165, 1.54) is 17.5 Å². The lowest BCUT2D eigenvalue weighted by Gasteiger charge is -2.26. The van der Waals surface area contributed by atoms with Crippen molar-refractivity contribution in [3.8, 4) is 0 Å².